The van der Waals surface area contributed by atoms with Crippen molar-refractivity contribution in [3.63, 3.8) is 0 Å². The van der Waals surface area contributed by atoms with E-state index in [0.717, 1.165) is 5.56 Å². The third kappa shape index (κ3) is 3.49. The Morgan fingerprint density at radius 1 is 1.30 bits per heavy atom. The van der Waals surface area contributed by atoms with Crippen molar-refractivity contribution < 1.29 is 9.31 Å². The van der Waals surface area contributed by atoms with E-state index in [9.17, 15) is 14.5 Å². The van der Waals surface area contributed by atoms with Gasteiger partial charge in [0.25, 0.3) is 5.69 Å². The van der Waals surface area contributed by atoms with Gasteiger partial charge in [-0.2, -0.15) is 0 Å². The molecule has 0 bridgehead atoms. The van der Waals surface area contributed by atoms with Crippen molar-refractivity contribution in [3.05, 3.63) is 62.4 Å². The van der Waals surface area contributed by atoms with Crippen LogP contribution in [0.4, 0.5) is 15.8 Å². The van der Waals surface area contributed by atoms with E-state index in [0.29, 0.717) is 20.8 Å². The van der Waals surface area contributed by atoms with Crippen LogP contribution in [0.25, 0.3) is 0 Å². The summed E-state index contributed by atoms with van der Waals surface area (Å²) in [4.78, 5) is 10.7. The SMILES string of the molecule is Nc1ccc(SCc2ccc([N+](=O)[O-])cc2Br)c(F)c1. The van der Waals surface area contributed by atoms with Crippen LogP contribution in [0.3, 0.4) is 0 Å². The predicted octanol–water partition coefficient (Wildman–Crippen LogP) is 4.37. The highest BCUT2D eigenvalue weighted by Gasteiger charge is 2.10. The Morgan fingerprint density at radius 2 is 2.05 bits per heavy atom. The number of halogens is 2. The van der Waals surface area contributed by atoms with Crippen LogP contribution >= 0.6 is 27.7 Å². The van der Waals surface area contributed by atoms with Crippen LogP contribution in [-0.2, 0) is 5.75 Å². The summed E-state index contributed by atoms with van der Waals surface area (Å²) in [5.74, 6) is 0.132. The van der Waals surface area contributed by atoms with Gasteiger partial charge < -0.3 is 5.73 Å². The molecule has 2 aromatic carbocycles. The average molecular weight is 357 g/mol. The minimum Gasteiger partial charge on any atom is -0.399 e. The topological polar surface area (TPSA) is 69.2 Å². The Hall–Kier alpha value is -1.60. The van der Waals surface area contributed by atoms with E-state index in [1.165, 1.54) is 30.0 Å². The highest BCUT2D eigenvalue weighted by Crippen LogP contribution is 2.31. The molecule has 104 valence electrons. The molecule has 0 fully saturated rings. The highest BCUT2D eigenvalue weighted by molar-refractivity contribution is 9.10. The van der Waals surface area contributed by atoms with E-state index in [1.807, 2.05) is 0 Å². The molecule has 2 rings (SSSR count). The zero-order valence-corrected chi connectivity index (χ0v) is 12.6. The van der Waals surface area contributed by atoms with E-state index in [1.54, 1.807) is 18.2 Å². The van der Waals surface area contributed by atoms with Gasteiger partial charge in [0.1, 0.15) is 5.82 Å². The van der Waals surface area contributed by atoms with Crippen LogP contribution in [0.2, 0.25) is 0 Å². The van der Waals surface area contributed by atoms with Gasteiger partial charge >= 0.3 is 0 Å². The maximum atomic E-state index is 13.6. The van der Waals surface area contributed by atoms with Gasteiger partial charge in [0.15, 0.2) is 0 Å². The number of nitrogen functional groups attached to an aromatic ring is 1. The second-order valence-corrected chi connectivity index (χ2v) is 5.88. The number of nitro groups is 1. The molecule has 20 heavy (non-hydrogen) atoms. The minimum atomic E-state index is -0.457. The molecular formula is C13H10BrFN2O2S. The predicted molar refractivity (Wildman–Crippen MR) is 81.2 cm³/mol. The number of thioether (sulfide) groups is 1. The molecule has 0 aliphatic rings. The summed E-state index contributed by atoms with van der Waals surface area (Å²) in [6.07, 6.45) is 0. The lowest BCUT2D eigenvalue weighted by Crippen LogP contribution is -1.91. The smallest absolute Gasteiger partial charge is 0.270 e. The number of hydrogen-bond acceptors (Lipinski definition) is 4. The second kappa shape index (κ2) is 6.23. The lowest BCUT2D eigenvalue weighted by atomic mass is 10.2. The molecule has 0 heterocycles. The Kier molecular flexibility index (Phi) is 4.61. The van der Waals surface area contributed by atoms with Crippen LogP contribution in [0.5, 0.6) is 0 Å². The molecule has 0 aliphatic heterocycles. The Balaban J connectivity index is 2.13. The summed E-state index contributed by atoms with van der Waals surface area (Å²) < 4.78 is 14.3. The molecule has 0 amide bonds. The van der Waals surface area contributed by atoms with Crippen molar-refractivity contribution in [2.45, 2.75) is 10.6 Å². The molecule has 0 radical (unpaired) electrons. The third-order valence-electron chi connectivity index (χ3n) is 2.59. The molecule has 2 aromatic rings. The third-order valence-corrected chi connectivity index (χ3v) is 4.42. The summed E-state index contributed by atoms with van der Waals surface area (Å²) >= 11 is 4.59. The van der Waals surface area contributed by atoms with Gasteiger partial charge in [0.05, 0.1) is 4.92 Å². The van der Waals surface area contributed by atoms with Crippen LogP contribution < -0.4 is 5.73 Å². The second-order valence-electron chi connectivity index (χ2n) is 4.01. The number of benzene rings is 2. The van der Waals surface area contributed by atoms with Crippen LogP contribution in [-0.4, -0.2) is 4.92 Å². The molecule has 0 aliphatic carbocycles. The normalized spacial score (nSPS) is 10.5. The monoisotopic (exact) mass is 356 g/mol. The van der Waals surface area contributed by atoms with Gasteiger partial charge in [-0.25, -0.2) is 4.39 Å². The Morgan fingerprint density at radius 3 is 2.65 bits per heavy atom. The van der Waals surface area contributed by atoms with Gasteiger partial charge in [-0.3, -0.25) is 10.1 Å². The first-order chi connectivity index (χ1) is 9.47. The number of non-ortho nitro benzene ring substituents is 1. The molecule has 7 heteroatoms. The Labute approximate surface area is 127 Å². The van der Waals surface area contributed by atoms with Gasteiger partial charge in [-0.05, 0) is 23.8 Å². The van der Waals surface area contributed by atoms with E-state index in [4.69, 9.17) is 5.73 Å². The molecule has 0 atom stereocenters. The first-order valence-electron chi connectivity index (χ1n) is 5.58. The van der Waals surface area contributed by atoms with Crippen molar-refractivity contribution in [2.24, 2.45) is 0 Å². The molecule has 0 saturated heterocycles. The van der Waals surface area contributed by atoms with Crippen molar-refractivity contribution in [2.75, 3.05) is 5.73 Å². The summed E-state index contributed by atoms with van der Waals surface area (Å²) in [6, 6.07) is 9.05. The quantitative estimate of drug-likeness (QED) is 0.382. The lowest BCUT2D eigenvalue weighted by molar-refractivity contribution is -0.384. The van der Waals surface area contributed by atoms with E-state index < -0.39 is 4.92 Å². The number of hydrogen-bond donors (Lipinski definition) is 1. The molecular weight excluding hydrogens is 347 g/mol. The highest BCUT2D eigenvalue weighted by atomic mass is 79.9. The fraction of sp³-hybridized carbons (Fsp3) is 0.0769. The first-order valence-corrected chi connectivity index (χ1v) is 7.36. The minimum absolute atomic E-state index is 0.0179. The van der Waals surface area contributed by atoms with Crippen molar-refractivity contribution in [1.29, 1.82) is 0 Å². The van der Waals surface area contributed by atoms with E-state index in [-0.39, 0.29) is 11.5 Å². The van der Waals surface area contributed by atoms with Crippen molar-refractivity contribution in [3.8, 4) is 0 Å². The maximum Gasteiger partial charge on any atom is 0.270 e. The van der Waals surface area contributed by atoms with Crippen molar-refractivity contribution in [1.82, 2.24) is 0 Å². The summed E-state index contributed by atoms with van der Waals surface area (Å²) in [7, 11) is 0. The van der Waals surface area contributed by atoms with Gasteiger partial charge in [-0.15, -0.1) is 11.8 Å². The molecule has 2 N–H and O–H groups in total. The van der Waals surface area contributed by atoms with Crippen molar-refractivity contribution >= 4 is 39.1 Å². The molecule has 0 unspecified atom stereocenters. The summed E-state index contributed by atoms with van der Waals surface area (Å²) in [5.41, 5.74) is 6.74. The number of anilines is 1. The maximum absolute atomic E-state index is 13.6. The zero-order chi connectivity index (χ0) is 14.7. The summed E-state index contributed by atoms with van der Waals surface area (Å²) in [5, 5.41) is 10.6. The lowest BCUT2D eigenvalue weighted by Gasteiger charge is -2.06. The number of nitro benzene ring substituents is 1. The largest absolute Gasteiger partial charge is 0.399 e. The first kappa shape index (κ1) is 14.8. The molecule has 0 saturated carbocycles. The average Bonchev–Trinajstić information content (AvgIpc) is 2.38. The summed E-state index contributed by atoms with van der Waals surface area (Å²) in [6.45, 7) is 0. The van der Waals surface area contributed by atoms with Crippen LogP contribution in [0.15, 0.2) is 45.8 Å². The number of nitrogens with zero attached hydrogens (tertiary/aromatic N) is 1. The van der Waals surface area contributed by atoms with Gasteiger partial charge in [0.2, 0.25) is 0 Å². The number of rotatable bonds is 4. The number of nitrogens with two attached hydrogens (primary N) is 1. The fourth-order valence-corrected chi connectivity index (χ4v) is 3.17. The molecule has 4 nitrogen and oxygen atoms in total. The standard InChI is InChI=1S/C13H10BrFN2O2S/c14-11-6-10(17(18)19)3-1-8(11)7-20-13-4-2-9(16)5-12(13)15/h1-6H,7,16H2. The Bertz CT molecular complexity index is 667. The molecule has 0 spiro atoms. The van der Waals surface area contributed by atoms with Gasteiger partial charge in [-0.1, -0.05) is 22.0 Å². The van der Waals surface area contributed by atoms with Gasteiger partial charge in [0, 0.05) is 32.9 Å². The van der Waals surface area contributed by atoms with Crippen LogP contribution in [0.1, 0.15) is 5.56 Å². The molecule has 0 aromatic heterocycles. The van der Waals surface area contributed by atoms with E-state index >= 15 is 0 Å². The fourth-order valence-electron chi connectivity index (χ4n) is 1.56. The van der Waals surface area contributed by atoms with Crippen LogP contribution in [0, 0.1) is 15.9 Å². The zero-order valence-electron chi connectivity index (χ0n) is 10.2. The van der Waals surface area contributed by atoms with E-state index in [2.05, 4.69) is 15.9 Å².